The fourth-order valence-corrected chi connectivity index (χ4v) is 2.76. The highest BCUT2D eigenvalue weighted by atomic mass is 16.5. The number of hydrogen-bond donors (Lipinski definition) is 2. The summed E-state index contributed by atoms with van der Waals surface area (Å²) in [6.45, 7) is 6.74. The molecule has 2 amide bonds. The molecule has 0 bridgehead atoms. The van der Waals surface area contributed by atoms with E-state index in [1.54, 1.807) is 0 Å². The Labute approximate surface area is 133 Å². The van der Waals surface area contributed by atoms with Gasteiger partial charge in [0.1, 0.15) is 0 Å². The quantitative estimate of drug-likeness (QED) is 0.793. The van der Waals surface area contributed by atoms with Gasteiger partial charge < -0.3 is 20.3 Å². The van der Waals surface area contributed by atoms with Gasteiger partial charge in [-0.05, 0) is 31.9 Å². The molecule has 0 saturated carbocycles. The van der Waals surface area contributed by atoms with Crippen molar-refractivity contribution < 1.29 is 9.53 Å². The summed E-state index contributed by atoms with van der Waals surface area (Å²) in [5, 5.41) is 5.80. The second-order valence-electron chi connectivity index (χ2n) is 6.02. The van der Waals surface area contributed by atoms with Gasteiger partial charge in [0.2, 0.25) is 0 Å². The number of rotatable bonds is 6. The Morgan fingerprint density at radius 1 is 1.36 bits per heavy atom. The minimum Gasteiger partial charge on any atom is -0.377 e. The van der Waals surface area contributed by atoms with Gasteiger partial charge in [0, 0.05) is 38.3 Å². The summed E-state index contributed by atoms with van der Waals surface area (Å²) in [7, 11) is 2.11. The Morgan fingerprint density at radius 3 is 2.91 bits per heavy atom. The topological polar surface area (TPSA) is 53.6 Å². The first-order valence-corrected chi connectivity index (χ1v) is 8.01. The summed E-state index contributed by atoms with van der Waals surface area (Å²) >= 11 is 0. The van der Waals surface area contributed by atoms with Crippen LogP contribution in [0.5, 0.6) is 0 Å². The standard InChI is InChI=1S/C17H27N3O2/c1-13(2)22-11-9-18-17(21)19-12-14-8-10-20(3)16-7-5-4-6-15(14)16/h4-7,13-14H,8-12H2,1-3H3,(H2,18,19,21). The average Bonchev–Trinajstić information content (AvgIpc) is 2.51. The van der Waals surface area contributed by atoms with Crippen LogP contribution in [0.3, 0.4) is 0 Å². The van der Waals surface area contributed by atoms with Gasteiger partial charge in [0.25, 0.3) is 0 Å². The molecular formula is C17H27N3O2. The Balaban J connectivity index is 1.78. The van der Waals surface area contributed by atoms with Crippen LogP contribution in [-0.4, -0.2) is 45.4 Å². The van der Waals surface area contributed by atoms with Gasteiger partial charge >= 0.3 is 6.03 Å². The van der Waals surface area contributed by atoms with Gasteiger partial charge in [-0.2, -0.15) is 0 Å². The summed E-state index contributed by atoms with van der Waals surface area (Å²) in [5.74, 6) is 0.380. The molecule has 2 rings (SSSR count). The largest absolute Gasteiger partial charge is 0.377 e. The number of carbonyl (C=O) groups excluding carboxylic acids is 1. The van der Waals surface area contributed by atoms with Gasteiger partial charge in [-0.3, -0.25) is 0 Å². The lowest BCUT2D eigenvalue weighted by Crippen LogP contribution is -2.40. The molecule has 1 unspecified atom stereocenters. The Hall–Kier alpha value is -1.75. The highest BCUT2D eigenvalue weighted by molar-refractivity contribution is 5.74. The monoisotopic (exact) mass is 305 g/mol. The number of carbonyl (C=O) groups is 1. The Morgan fingerprint density at radius 2 is 2.14 bits per heavy atom. The minimum absolute atomic E-state index is 0.122. The van der Waals surface area contributed by atoms with Gasteiger partial charge in [-0.25, -0.2) is 4.79 Å². The number of para-hydroxylation sites is 1. The summed E-state index contributed by atoms with van der Waals surface area (Å²) in [5.41, 5.74) is 2.59. The van der Waals surface area contributed by atoms with E-state index in [9.17, 15) is 4.79 Å². The van der Waals surface area contributed by atoms with Crippen LogP contribution in [0.4, 0.5) is 10.5 Å². The van der Waals surface area contributed by atoms with Crippen molar-refractivity contribution in [2.24, 2.45) is 0 Å². The molecule has 122 valence electrons. The van der Waals surface area contributed by atoms with Gasteiger partial charge in [-0.15, -0.1) is 0 Å². The van der Waals surface area contributed by atoms with Crippen molar-refractivity contribution in [1.29, 1.82) is 0 Å². The third-order valence-corrected chi connectivity index (χ3v) is 3.95. The van der Waals surface area contributed by atoms with E-state index in [0.29, 0.717) is 25.6 Å². The lowest BCUT2D eigenvalue weighted by atomic mass is 9.90. The minimum atomic E-state index is -0.122. The van der Waals surface area contributed by atoms with Gasteiger partial charge in [-0.1, -0.05) is 18.2 Å². The summed E-state index contributed by atoms with van der Waals surface area (Å²) < 4.78 is 5.40. The lowest BCUT2D eigenvalue weighted by Gasteiger charge is -2.33. The highest BCUT2D eigenvalue weighted by Crippen LogP contribution is 2.33. The van der Waals surface area contributed by atoms with E-state index in [0.717, 1.165) is 13.0 Å². The van der Waals surface area contributed by atoms with Crippen LogP contribution in [0.25, 0.3) is 0 Å². The van der Waals surface area contributed by atoms with Crippen molar-refractivity contribution >= 4 is 11.7 Å². The van der Waals surface area contributed by atoms with Crippen molar-refractivity contribution in [2.45, 2.75) is 32.3 Å². The zero-order chi connectivity index (χ0) is 15.9. The maximum absolute atomic E-state index is 11.8. The number of nitrogens with one attached hydrogen (secondary N) is 2. The van der Waals surface area contributed by atoms with Gasteiger partial charge in [0.05, 0.1) is 12.7 Å². The van der Waals surface area contributed by atoms with Crippen molar-refractivity contribution in [3.8, 4) is 0 Å². The molecule has 0 spiro atoms. The fraction of sp³-hybridized carbons (Fsp3) is 0.588. The fourth-order valence-electron chi connectivity index (χ4n) is 2.76. The first kappa shape index (κ1) is 16.6. The Bertz CT molecular complexity index is 491. The Kier molecular flexibility index (Phi) is 6.07. The summed E-state index contributed by atoms with van der Waals surface area (Å²) in [4.78, 5) is 14.1. The number of fused-ring (bicyclic) bond motifs is 1. The highest BCUT2D eigenvalue weighted by Gasteiger charge is 2.22. The average molecular weight is 305 g/mol. The normalized spacial score (nSPS) is 17.3. The summed E-state index contributed by atoms with van der Waals surface area (Å²) in [6.07, 6.45) is 1.25. The number of urea groups is 1. The third kappa shape index (κ3) is 4.63. The smallest absolute Gasteiger partial charge is 0.314 e. The van der Waals surface area contributed by atoms with Crippen LogP contribution in [0.1, 0.15) is 31.7 Å². The predicted molar refractivity (Wildman–Crippen MR) is 89.6 cm³/mol. The molecule has 0 aliphatic carbocycles. The molecule has 0 saturated heterocycles. The van der Waals surface area contributed by atoms with Crippen LogP contribution in [0.2, 0.25) is 0 Å². The molecule has 1 heterocycles. The van der Waals surface area contributed by atoms with Crippen molar-refractivity contribution in [2.75, 3.05) is 38.2 Å². The molecule has 1 aromatic rings. The number of anilines is 1. The van der Waals surface area contributed by atoms with Crippen molar-refractivity contribution in [3.05, 3.63) is 29.8 Å². The molecule has 0 fully saturated rings. The van der Waals surface area contributed by atoms with Crippen LogP contribution < -0.4 is 15.5 Å². The number of amides is 2. The van der Waals surface area contributed by atoms with E-state index >= 15 is 0 Å². The lowest BCUT2D eigenvalue weighted by molar-refractivity contribution is 0.0817. The van der Waals surface area contributed by atoms with E-state index in [-0.39, 0.29) is 12.1 Å². The van der Waals surface area contributed by atoms with Crippen LogP contribution in [-0.2, 0) is 4.74 Å². The first-order valence-electron chi connectivity index (χ1n) is 8.01. The molecule has 22 heavy (non-hydrogen) atoms. The van der Waals surface area contributed by atoms with Crippen LogP contribution in [0, 0.1) is 0 Å². The van der Waals surface area contributed by atoms with E-state index < -0.39 is 0 Å². The number of benzene rings is 1. The number of nitrogens with zero attached hydrogens (tertiary/aromatic N) is 1. The number of ether oxygens (including phenoxy) is 1. The van der Waals surface area contributed by atoms with Crippen LogP contribution >= 0.6 is 0 Å². The maximum atomic E-state index is 11.8. The van der Waals surface area contributed by atoms with Crippen molar-refractivity contribution in [1.82, 2.24) is 10.6 Å². The molecule has 1 aliphatic heterocycles. The second-order valence-corrected chi connectivity index (χ2v) is 6.02. The molecule has 1 atom stereocenters. The van der Waals surface area contributed by atoms with Crippen molar-refractivity contribution in [3.63, 3.8) is 0 Å². The first-order chi connectivity index (χ1) is 10.6. The van der Waals surface area contributed by atoms with Crippen LogP contribution in [0.15, 0.2) is 24.3 Å². The number of hydrogen-bond acceptors (Lipinski definition) is 3. The zero-order valence-electron chi connectivity index (χ0n) is 13.8. The molecular weight excluding hydrogens is 278 g/mol. The third-order valence-electron chi connectivity index (χ3n) is 3.95. The van der Waals surface area contributed by atoms with Gasteiger partial charge in [0.15, 0.2) is 0 Å². The molecule has 0 radical (unpaired) electrons. The van der Waals surface area contributed by atoms with E-state index in [1.807, 2.05) is 13.8 Å². The van der Waals surface area contributed by atoms with E-state index in [1.165, 1.54) is 11.3 Å². The molecule has 5 nitrogen and oxygen atoms in total. The molecule has 5 heteroatoms. The zero-order valence-corrected chi connectivity index (χ0v) is 13.8. The maximum Gasteiger partial charge on any atom is 0.314 e. The molecule has 2 N–H and O–H groups in total. The predicted octanol–water partition coefficient (Wildman–Crippen LogP) is 2.33. The van der Waals surface area contributed by atoms with E-state index in [2.05, 4.69) is 46.8 Å². The molecule has 1 aliphatic rings. The molecule has 0 aromatic heterocycles. The SMILES string of the molecule is CC(C)OCCNC(=O)NCC1CCN(C)c2ccccc21. The molecule has 1 aromatic carbocycles. The summed E-state index contributed by atoms with van der Waals surface area (Å²) in [6, 6.07) is 8.31. The second kappa shape index (κ2) is 8.03. The van der Waals surface area contributed by atoms with E-state index in [4.69, 9.17) is 4.74 Å².